The van der Waals surface area contributed by atoms with E-state index >= 15 is 0 Å². The molecule has 0 heterocycles. The molecule has 0 aromatic carbocycles. The second-order valence-electron chi connectivity index (χ2n) is 3.61. The van der Waals surface area contributed by atoms with Gasteiger partial charge in [-0.15, -0.1) is 0 Å². The lowest BCUT2D eigenvalue weighted by atomic mass is 9.90. The molecule has 0 aliphatic heterocycles. The lowest BCUT2D eigenvalue weighted by Gasteiger charge is -2.29. The molecule has 0 saturated carbocycles. The number of carbonyl (C=O) groups is 4. The molecular formula is C10H16N2O4. The van der Waals surface area contributed by atoms with Crippen molar-refractivity contribution < 1.29 is 19.2 Å². The van der Waals surface area contributed by atoms with Crippen LogP contribution >= 0.6 is 0 Å². The van der Waals surface area contributed by atoms with E-state index in [9.17, 15) is 19.2 Å². The molecule has 2 amide bonds. The van der Waals surface area contributed by atoms with Crippen molar-refractivity contribution in [1.29, 1.82) is 0 Å². The van der Waals surface area contributed by atoms with Gasteiger partial charge in [0.05, 0.1) is 6.54 Å². The third-order valence-corrected chi connectivity index (χ3v) is 2.19. The van der Waals surface area contributed by atoms with Crippen molar-refractivity contribution in [2.75, 3.05) is 6.54 Å². The van der Waals surface area contributed by atoms with Gasteiger partial charge < -0.3 is 10.6 Å². The third kappa shape index (κ3) is 3.45. The first-order valence-corrected chi connectivity index (χ1v) is 4.77. The van der Waals surface area contributed by atoms with Crippen molar-refractivity contribution in [2.45, 2.75) is 33.2 Å². The number of nitrogens with one attached hydrogen (secondary N) is 2. The highest BCUT2D eigenvalue weighted by Crippen LogP contribution is 2.07. The fourth-order valence-corrected chi connectivity index (χ4v) is 1.27. The molecule has 0 unspecified atom stereocenters. The first-order chi connectivity index (χ1) is 7.22. The molecule has 0 aromatic heterocycles. The van der Waals surface area contributed by atoms with E-state index in [1.165, 1.54) is 27.7 Å². The van der Waals surface area contributed by atoms with Gasteiger partial charge in [-0.1, -0.05) is 0 Å². The molecule has 0 saturated heterocycles. The van der Waals surface area contributed by atoms with Crippen LogP contribution in [0.3, 0.4) is 0 Å². The van der Waals surface area contributed by atoms with Crippen molar-refractivity contribution in [3.63, 3.8) is 0 Å². The molecule has 0 aliphatic rings. The molecule has 0 aromatic rings. The Morgan fingerprint density at radius 2 is 1.31 bits per heavy atom. The van der Waals surface area contributed by atoms with Gasteiger partial charge in [0.2, 0.25) is 11.8 Å². The van der Waals surface area contributed by atoms with Crippen molar-refractivity contribution in [3.05, 3.63) is 0 Å². The monoisotopic (exact) mass is 228 g/mol. The fourth-order valence-electron chi connectivity index (χ4n) is 1.27. The number of carbonyl (C=O) groups excluding carboxylic acids is 4. The molecule has 6 heteroatoms. The van der Waals surface area contributed by atoms with Gasteiger partial charge in [-0.3, -0.25) is 19.2 Å². The third-order valence-electron chi connectivity index (χ3n) is 2.19. The zero-order valence-corrected chi connectivity index (χ0v) is 9.84. The maximum Gasteiger partial charge on any atom is 0.218 e. The Morgan fingerprint density at radius 1 is 0.875 bits per heavy atom. The van der Waals surface area contributed by atoms with Crippen molar-refractivity contribution >= 4 is 23.4 Å². The van der Waals surface area contributed by atoms with E-state index in [2.05, 4.69) is 10.6 Å². The van der Waals surface area contributed by atoms with Crippen molar-refractivity contribution in [3.8, 4) is 0 Å². The standard InChI is InChI=1S/C10H16N2O4/c1-6(13)10(7(2)14,12-9(4)16)5-11-8(3)15/h5H2,1-4H3,(H,11,15)(H,12,16). The van der Waals surface area contributed by atoms with Crippen LogP contribution in [0.5, 0.6) is 0 Å². The average molecular weight is 228 g/mol. The quantitative estimate of drug-likeness (QED) is 0.601. The summed E-state index contributed by atoms with van der Waals surface area (Å²) in [7, 11) is 0. The Hall–Kier alpha value is -1.72. The fraction of sp³-hybridized carbons (Fsp3) is 0.600. The van der Waals surface area contributed by atoms with E-state index in [-0.39, 0.29) is 12.5 Å². The molecule has 0 rings (SSSR count). The summed E-state index contributed by atoms with van der Waals surface area (Å²) in [4.78, 5) is 44.7. The minimum Gasteiger partial charge on any atom is -0.353 e. The number of rotatable bonds is 5. The molecule has 0 fully saturated rings. The maximum atomic E-state index is 11.5. The molecule has 0 atom stereocenters. The lowest BCUT2D eigenvalue weighted by Crippen LogP contribution is -2.63. The van der Waals surface area contributed by atoms with Crippen LogP contribution in [0.25, 0.3) is 0 Å². The zero-order chi connectivity index (χ0) is 12.9. The lowest BCUT2D eigenvalue weighted by molar-refractivity contribution is -0.138. The van der Waals surface area contributed by atoms with E-state index in [0.717, 1.165) is 0 Å². The minimum absolute atomic E-state index is 0.230. The molecule has 0 bridgehead atoms. The summed E-state index contributed by atoms with van der Waals surface area (Å²) in [6.45, 7) is 4.62. The number of Topliss-reactive ketones (excluding diaryl/α,β-unsaturated/α-hetero) is 2. The number of hydrogen-bond donors (Lipinski definition) is 2. The van der Waals surface area contributed by atoms with Crippen LogP contribution in [0.1, 0.15) is 27.7 Å². The highest BCUT2D eigenvalue weighted by Gasteiger charge is 2.41. The Labute approximate surface area is 93.8 Å². The van der Waals surface area contributed by atoms with E-state index in [1.54, 1.807) is 0 Å². The summed E-state index contributed by atoms with van der Waals surface area (Å²) in [5.41, 5.74) is -1.66. The average Bonchev–Trinajstić information content (AvgIpc) is 2.10. The first-order valence-electron chi connectivity index (χ1n) is 4.77. The van der Waals surface area contributed by atoms with Gasteiger partial charge >= 0.3 is 0 Å². The maximum absolute atomic E-state index is 11.5. The molecule has 0 spiro atoms. The van der Waals surface area contributed by atoms with Gasteiger partial charge in [0.1, 0.15) is 0 Å². The van der Waals surface area contributed by atoms with E-state index in [4.69, 9.17) is 0 Å². The van der Waals surface area contributed by atoms with Gasteiger partial charge in [-0.05, 0) is 13.8 Å². The van der Waals surface area contributed by atoms with Crippen LogP contribution in [0.15, 0.2) is 0 Å². The van der Waals surface area contributed by atoms with Gasteiger partial charge in [-0.2, -0.15) is 0 Å². The molecule has 90 valence electrons. The Bertz CT molecular complexity index is 322. The van der Waals surface area contributed by atoms with Crippen LogP contribution in [-0.2, 0) is 19.2 Å². The largest absolute Gasteiger partial charge is 0.353 e. The predicted molar refractivity (Wildman–Crippen MR) is 56.6 cm³/mol. The zero-order valence-electron chi connectivity index (χ0n) is 9.84. The normalized spacial score (nSPS) is 10.5. The van der Waals surface area contributed by atoms with E-state index < -0.39 is 23.0 Å². The SMILES string of the molecule is CC(=O)NCC(NC(C)=O)(C(C)=O)C(C)=O. The van der Waals surface area contributed by atoms with Gasteiger partial charge in [0.25, 0.3) is 0 Å². The second-order valence-corrected chi connectivity index (χ2v) is 3.61. The number of amides is 2. The van der Waals surface area contributed by atoms with E-state index in [1.807, 2.05) is 0 Å². The molecule has 0 aliphatic carbocycles. The molecular weight excluding hydrogens is 212 g/mol. The summed E-state index contributed by atoms with van der Waals surface area (Å²) in [5, 5.41) is 4.65. The molecule has 6 nitrogen and oxygen atoms in total. The minimum atomic E-state index is -1.66. The topological polar surface area (TPSA) is 92.3 Å². The summed E-state index contributed by atoms with van der Waals surface area (Å²) < 4.78 is 0. The Kier molecular flexibility index (Phi) is 4.81. The highest BCUT2D eigenvalue weighted by atomic mass is 16.2. The first kappa shape index (κ1) is 14.3. The van der Waals surface area contributed by atoms with Crippen LogP contribution in [-0.4, -0.2) is 35.5 Å². The highest BCUT2D eigenvalue weighted by molar-refractivity contribution is 6.12. The summed E-state index contributed by atoms with van der Waals surface area (Å²) in [6, 6.07) is 0. The van der Waals surface area contributed by atoms with Gasteiger partial charge in [0.15, 0.2) is 17.1 Å². The number of hydrogen-bond acceptors (Lipinski definition) is 4. The number of ketones is 2. The molecule has 2 N–H and O–H groups in total. The van der Waals surface area contributed by atoms with Crippen LogP contribution in [0, 0.1) is 0 Å². The summed E-state index contributed by atoms with van der Waals surface area (Å²) >= 11 is 0. The summed E-state index contributed by atoms with van der Waals surface area (Å²) in [5.74, 6) is -1.90. The van der Waals surface area contributed by atoms with Gasteiger partial charge in [0, 0.05) is 13.8 Å². The van der Waals surface area contributed by atoms with Crippen LogP contribution in [0.2, 0.25) is 0 Å². The van der Waals surface area contributed by atoms with Crippen molar-refractivity contribution in [1.82, 2.24) is 10.6 Å². The van der Waals surface area contributed by atoms with Crippen molar-refractivity contribution in [2.24, 2.45) is 0 Å². The second kappa shape index (κ2) is 5.39. The smallest absolute Gasteiger partial charge is 0.218 e. The molecule has 16 heavy (non-hydrogen) atoms. The van der Waals surface area contributed by atoms with Crippen LogP contribution < -0.4 is 10.6 Å². The van der Waals surface area contributed by atoms with E-state index in [0.29, 0.717) is 0 Å². The summed E-state index contributed by atoms with van der Waals surface area (Å²) in [6.07, 6.45) is 0. The predicted octanol–water partition coefficient (Wildman–Crippen LogP) is -0.825. The van der Waals surface area contributed by atoms with Gasteiger partial charge in [-0.25, -0.2) is 0 Å². The molecule has 0 radical (unpaired) electrons. The van der Waals surface area contributed by atoms with Crippen LogP contribution in [0.4, 0.5) is 0 Å². The Morgan fingerprint density at radius 3 is 1.56 bits per heavy atom. The Balaban J connectivity index is 5.09.